The Morgan fingerprint density at radius 2 is 2.00 bits per heavy atom. The number of carbonyl (C=O) groups excluding carboxylic acids is 2. The fraction of sp³-hybridized carbons (Fsp3) is 0.100. The van der Waals surface area contributed by atoms with Crippen LogP contribution in [0.2, 0.25) is 0 Å². The van der Waals surface area contributed by atoms with Crippen molar-refractivity contribution >= 4 is 29.0 Å². The van der Waals surface area contributed by atoms with Crippen molar-refractivity contribution in [3.05, 3.63) is 70.4 Å². The standard InChI is InChI=1S/C20H14FNO3S/c1-2-10-22-19(23)18(26-20(22)24)12-15-7-3-4-9-17(15)25-13-14-6-5-8-16(21)11-14/h1,3-9,11-12H,10,13H2/b18-12-. The van der Waals surface area contributed by atoms with Gasteiger partial charge in [0.15, 0.2) is 0 Å². The van der Waals surface area contributed by atoms with Crippen LogP contribution in [-0.2, 0) is 11.4 Å². The number of halogens is 1. The van der Waals surface area contributed by atoms with E-state index in [1.807, 2.05) is 0 Å². The Morgan fingerprint density at radius 3 is 2.77 bits per heavy atom. The first kappa shape index (κ1) is 17.8. The number of para-hydroxylation sites is 1. The monoisotopic (exact) mass is 367 g/mol. The number of thioether (sulfide) groups is 1. The number of benzene rings is 2. The molecule has 1 aliphatic rings. The molecule has 0 bridgehead atoms. The molecule has 130 valence electrons. The molecule has 0 spiro atoms. The first-order valence-electron chi connectivity index (χ1n) is 7.73. The summed E-state index contributed by atoms with van der Waals surface area (Å²) in [7, 11) is 0. The van der Waals surface area contributed by atoms with Gasteiger partial charge in [0.2, 0.25) is 0 Å². The van der Waals surface area contributed by atoms with Crippen molar-refractivity contribution in [1.82, 2.24) is 4.90 Å². The van der Waals surface area contributed by atoms with Gasteiger partial charge in [0.1, 0.15) is 18.2 Å². The zero-order chi connectivity index (χ0) is 18.5. The Kier molecular flexibility index (Phi) is 5.40. The lowest BCUT2D eigenvalue weighted by Crippen LogP contribution is -2.28. The Balaban J connectivity index is 1.80. The molecule has 0 aliphatic carbocycles. The van der Waals surface area contributed by atoms with Gasteiger partial charge in [-0.3, -0.25) is 14.5 Å². The topological polar surface area (TPSA) is 46.6 Å². The second-order valence-corrected chi connectivity index (χ2v) is 6.42. The summed E-state index contributed by atoms with van der Waals surface area (Å²) >= 11 is 0.840. The van der Waals surface area contributed by atoms with E-state index in [0.717, 1.165) is 16.7 Å². The zero-order valence-electron chi connectivity index (χ0n) is 13.6. The highest BCUT2D eigenvalue weighted by atomic mass is 32.2. The lowest BCUT2D eigenvalue weighted by Gasteiger charge is -2.10. The third kappa shape index (κ3) is 3.95. The van der Waals surface area contributed by atoms with Crippen LogP contribution in [0.1, 0.15) is 11.1 Å². The average Bonchev–Trinajstić information content (AvgIpc) is 2.89. The number of terminal acetylenes is 1. The van der Waals surface area contributed by atoms with Crippen molar-refractivity contribution in [1.29, 1.82) is 0 Å². The molecule has 0 atom stereocenters. The molecule has 4 nitrogen and oxygen atoms in total. The number of amides is 2. The van der Waals surface area contributed by atoms with Crippen molar-refractivity contribution in [2.24, 2.45) is 0 Å². The molecule has 2 aromatic carbocycles. The van der Waals surface area contributed by atoms with Crippen LogP contribution in [-0.4, -0.2) is 22.6 Å². The third-order valence-electron chi connectivity index (χ3n) is 3.61. The summed E-state index contributed by atoms with van der Waals surface area (Å²) in [6.07, 6.45) is 6.79. The highest BCUT2D eigenvalue weighted by Crippen LogP contribution is 2.33. The maximum Gasteiger partial charge on any atom is 0.294 e. The van der Waals surface area contributed by atoms with Crippen molar-refractivity contribution in [2.45, 2.75) is 6.61 Å². The van der Waals surface area contributed by atoms with Crippen LogP contribution in [0.4, 0.5) is 9.18 Å². The zero-order valence-corrected chi connectivity index (χ0v) is 14.5. The molecule has 0 aromatic heterocycles. The second-order valence-electron chi connectivity index (χ2n) is 5.43. The number of carbonyl (C=O) groups is 2. The molecular weight excluding hydrogens is 353 g/mol. The van der Waals surface area contributed by atoms with Gasteiger partial charge in [-0.2, -0.15) is 0 Å². The van der Waals surface area contributed by atoms with Crippen LogP contribution < -0.4 is 4.74 Å². The van der Waals surface area contributed by atoms with Gasteiger partial charge in [-0.25, -0.2) is 4.39 Å². The maximum absolute atomic E-state index is 13.3. The van der Waals surface area contributed by atoms with Gasteiger partial charge < -0.3 is 4.74 Å². The third-order valence-corrected chi connectivity index (χ3v) is 4.52. The van der Waals surface area contributed by atoms with Crippen LogP contribution >= 0.6 is 11.8 Å². The van der Waals surface area contributed by atoms with E-state index >= 15 is 0 Å². The van der Waals surface area contributed by atoms with Gasteiger partial charge >= 0.3 is 0 Å². The predicted octanol–water partition coefficient (Wildman–Crippen LogP) is 4.07. The largest absolute Gasteiger partial charge is 0.488 e. The average molecular weight is 367 g/mol. The van der Waals surface area contributed by atoms with Gasteiger partial charge in [-0.15, -0.1) is 6.42 Å². The van der Waals surface area contributed by atoms with E-state index in [9.17, 15) is 14.0 Å². The minimum Gasteiger partial charge on any atom is -0.488 e. The van der Waals surface area contributed by atoms with Gasteiger partial charge in [0, 0.05) is 5.56 Å². The Morgan fingerprint density at radius 1 is 1.19 bits per heavy atom. The van der Waals surface area contributed by atoms with E-state index in [1.165, 1.54) is 12.1 Å². The Hall–Kier alpha value is -3.04. The summed E-state index contributed by atoms with van der Waals surface area (Å²) in [6.45, 7) is 0.126. The molecule has 1 fully saturated rings. The number of imide groups is 1. The van der Waals surface area contributed by atoms with E-state index in [-0.39, 0.29) is 23.9 Å². The minimum atomic E-state index is -0.419. The summed E-state index contributed by atoms with van der Waals surface area (Å²) in [5.74, 6) is 2.08. The smallest absolute Gasteiger partial charge is 0.294 e. The summed E-state index contributed by atoms with van der Waals surface area (Å²) in [5, 5.41) is -0.391. The molecule has 2 amide bonds. The fourth-order valence-electron chi connectivity index (χ4n) is 2.39. The minimum absolute atomic E-state index is 0.0558. The van der Waals surface area contributed by atoms with Crippen LogP contribution in [0, 0.1) is 18.2 Å². The highest BCUT2D eigenvalue weighted by molar-refractivity contribution is 8.18. The van der Waals surface area contributed by atoms with Crippen LogP contribution in [0.5, 0.6) is 5.75 Å². The molecule has 0 N–H and O–H groups in total. The quantitative estimate of drug-likeness (QED) is 0.590. The van der Waals surface area contributed by atoms with Gasteiger partial charge in [0.05, 0.1) is 11.4 Å². The van der Waals surface area contributed by atoms with Crippen molar-refractivity contribution in [2.75, 3.05) is 6.54 Å². The molecule has 1 aliphatic heterocycles. The van der Waals surface area contributed by atoms with Crippen LogP contribution in [0.3, 0.4) is 0 Å². The van der Waals surface area contributed by atoms with Crippen molar-refractivity contribution in [3.63, 3.8) is 0 Å². The summed E-state index contributed by atoms with van der Waals surface area (Å²) in [4.78, 5) is 25.4. The molecule has 6 heteroatoms. The summed E-state index contributed by atoms with van der Waals surface area (Å²) in [6, 6.07) is 13.2. The molecular formula is C20H14FNO3S. The Bertz CT molecular complexity index is 933. The van der Waals surface area contributed by atoms with E-state index in [0.29, 0.717) is 16.9 Å². The number of nitrogens with zero attached hydrogens (tertiary/aromatic N) is 1. The van der Waals surface area contributed by atoms with E-state index in [1.54, 1.807) is 42.5 Å². The molecule has 1 heterocycles. The van der Waals surface area contributed by atoms with Gasteiger partial charge in [-0.05, 0) is 41.6 Å². The van der Waals surface area contributed by atoms with Crippen LogP contribution in [0.15, 0.2) is 53.4 Å². The van der Waals surface area contributed by atoms with Crippen molar-refractivity contribution < 1.29 is 18.7 Å². The van der Waals surface area contributed by atoms with E-state index in [4.69, 9.17) is 11.2 Å². The van der Waals surface area contributed by atoms with E-state index < -0.39 is 11.1 Å². The van der Waals surface area contributed by atoms with Gasteiger partial charge in [0.25, 0.3) is 11.1 Å². The first-order chi connectivity index (χ1) is 12.6. The van der Waals surface area contributed by atoms with E-state index in [2.05, 4.69) is 5.92 Å². The molecule has 0 unspecified atom stereocenters. The molecule has 0 saturated carbocycles. The Labute approximate surface area is 154 Å². The second kappa shape index (κ2) is 7.89. The predicted molar refractivity (Wildman–Crippen MR) is 98.7 cm³/mol. The molecule has 0 radical (unpaired) electrons. The molecule has 26 heavy (non-hydrogen) atoms. The van der Waals surface area contributed by atoms with Gasteiger partial charge in [-0.1, -0.05) is 36.3 Å². The number of rotatable bonds is 5. The fourth-order valence-corrected chi connectivity index (χ4v) is 3.22. The normalized spacial score (nSPS) is 15.4. The summed E-state index contributed by atoms with van der Waals surface area (Å²) < 4.78 is 19.0. The summed E-state index contributed by atoms with van der Waals surface area (Å²) in [5.41, 5.74) is 1.34. The maximum atomic E-state index is 13.3. The first-order valence-corrected chi connectivity index (χ1v) is 8.55. The van der Waals surface area contributed by atoms with Crippen molar-refractivity contribution in [3.8, 4) is 18.1 Å². The van der Waals surface area contributed by atoms with Crippen LogP contribution in [0.25, 0.3) is 6.08 Å². The SMILES string of the molecule is C#CCN1C(=O)S/C(=C\c2ccccc2OCc2cccc(F)c2)C1=O. The highest BCUT2D eigenvalue weighted by Gasteiger charge is 2.34. The molecule has 2 aromatic rings. The number of hydrogen-bond acceptors (Lipinski definition) is 4. The lowest BCUT2D eigenvalue weighted by molar-refractivity contribution is -0.122. The molecule has 1 saturated heterocycles. The number of ether oxygens (including phenoxy) is 1. The lowest BCUT2D eigenvalue weighted by atomic mass is 10.1. The number of hydrogen-bond donors (Lipinski definition) is 0. The molecule has 3 rings (SSSR count).